The van der Waals surface area contributed by atoms with E-state index in [9.17, 15) is 4.79 Å². The molecule has 1 aromatic rings. The number of aromatic nitrogens is 1. The first kappa shape index (κ1) is 19.1. The summed E-state index contributed by atoms with van der Waals surface area (Å²) in [5.74, 6) is 0.980. The fourth-order valence-corrected chi connectivity index (χ4v) is 1.78. The van der Waals surface area contributed by atoms with Gasteiger partial charge in [0.15, 0.2) is 0 Å². The highest BCUT2D eigenvalue weighted by Crippen LogP contribution is 2.12. The van der Waals surface area contributed by atoms with E-state index in [0.717, 1.165) is 43.1 Å². The Morgan fingerprint density at radius 2 is 1.81 bits per heavy atom. The van der Waals surface area contributed by atoms with Gasteiger partial charge in [-0.3, -0.25) is 14.6 Å². The minimum atomic E-state index is -0.250. The summed E-state index contributed by atoms with van der Waals surface area (Å²) in [5, 5.41) is 6.89. The van der Waals surface area contributed by atoms with E-state index in [1.807, 2.05) is 17.9 Å². The molecule has 2 rings (SSSR count). The molecule has 1 aromatic heterocycles. The van der Waals surface area contributed by atoms with Crippen LogP contribution in [0.1, 0.15) is 49.7 Å². The molecule has 2 heterocycles. The van der Waals surface area contributed by atoms with Gasteiger partial charge in [-0.2, -0.15) is 0 Å². The maximum atomic E-state index is 11.9. The van der Waals surface area contributed by atoms with E-state index in [4.69, 9.17) is 9.90 Å². The molecular formula is C16H26N2O3. The van der Waals surface area contributed by atoms with Crippen molar-refractivity contribution in [3.63, 3.8) is 0 Å². The molecule has 0 aromatic carbocycles. The number of hydrogen-bond donors (Lipinski definition) is 1. The molecule has 5 nitrogen and oxygen atoms in total. The normalized spacial score (nSPS) is 12.9. The summed E-state index contributed by atoms with van der Waals surface area (Å²) in [5.41, 5.74) is 1.66. The lowest BCUT2D eigenvalue weighted by molar-refractivity contribution is -0.122. The molecule has 0 spiro atoms. The lowest BCUT2D eigenvalue weighted by Crippen LogP contribution is -2.27. The smallest absolute Gasteiger partial charge is 0.290 e. The van der Waals surface area contributed by atoms with E-state index in [2.05, 4.69) is 25.8 Å². The van der Waals surface area contributed by atoms with Gasteiger partial charge in [0.2, 0.25) is 0 Å². The van der Waals surface area contributed by atoms with Gasteiger partial charge in [0.25, 0.3) is 12.4 Å². The summed E-state index contributed by atoms with van der Waals surface area (Å²) in [4.78, 5) is 26.2. The predicted octanol–water partition coefficient (Wildman–Crippen LogP) is 2.99. The van der Waals surface area contributed by atoms with E-state index >= 15 is 0 Å². The van der Waals surface area contributed by atoms with Gasteiger partial charge in [0, 0.05) is 30.5 Å². The Morgan fingerprint density at radius 1 is 1.33 bits per heavy atom. The van der Waals surface area contributed by atoms with E-state index in [1.165, 1.54) is 0 Å². The average Bonchev–Trinajstić information content (AvgIpc) is 2.92. The zero-order chi connectivity index (χ0) is 16.3. The molecule has 21 heavy (non-hydrogen) atoms. The average molecular weight is 294 g/mol. The van der Waals surface area contributed by atoms with Crippen LogP contribution in [0.3, 0.4) is 0 Å². The molecule has 0 unspecified atom stereocenters. The molecule has 0 aliphatic carbocycles. The Morgan fingerprint density at radius 3 is 2.24 bits per heavy atom. The van der Waals surface area contributed by atoms with Crippen LogP contribution in [0.5, 0.6) is 0 Å². The van der Waals surface area contributed by atoms with Gasteiger partial charge in [-0.15, -0.1) is 0 Å². The van der Waals surface area contributed by atoms with E-state index in [-0.39, 0.29) is 12.4 Å². The second-order valence-corrected chi connectivity index (χ2v) is 5.52. The molecule has 1 aliphatic heterocycles. The molecule has 1 fully saturated rings. The van der Waals surface area contributed by atoms with Crippen LogP contribution >= 0.6 is 0 Å². The second-order valence-electron chi connectivity index (χ2n) is 5.52. The van der Waals surface area contributed by atoms with Crippen molar-refractivity contribution in [1.82, 2.24) is 9.88 Å². The molecule has 0 atom stereocenters. The van der Waals surface area contributed by atoms with E-state index < -0.39 is 0 Å². The molecule has 118 valence electrons. The van der Waals surface area contributed by atoms with Crippen LogP contribution in [0.25, 0.3) is 0 Å². The fourth-order valence-electron chi connectivity index (χ4n) is 1.78. The molecule has 1 N–H and O–H groups in total. The van der Waals surface area contributed by atoms with Gasteiger partial charge in [-0.05, 0) is 37.8 Å². The summed E-state index contributed by atoms with van der Waals surface area (Å²) in [6.07, 6.45) is 3.96. The quantitative estimate of drug-likeness (QED) is 0.808. The first-order valence-corrected chi connectivity index (χ1v) is 7.22. The van der Waals surface area contributed by atoms with Crippen LogP contribution in [0.2, 0.25) is 0 Å². The number of carbonyl (C=O) groups is 2. The first-order chi connectivity index (χ1) is 9.92. The molecule has 0 bridgehead atoms. The van der Waals surface area contributed by atoms with Crippen LogP contribution in [0.15, 0.2) is 18.3 Å². The highest BCUT2D eigenvalue weighted by molar-refractivity contribution is 5.94. The standard InChI is InChI=1S/C11H14N2O.C4H10.CH2O2/c1-9-8-10(4-5-12-9)11(14)13-6-2-3-7-13;1-4(2)3;2-1-3/h4-5,8H,2-3,6-7H2,1H3;4H,1-3H3;1H,(H,2,3). The van der Waals surface area contributed by atoms with E-state index in [1.54, 1.807) is 12.3 Å². The topological polar surface area (TPSA) is 70.5 Å². The predicted molar refractivity (Wildman–Crippen MR) is 83.3 cm³/mol. The van der Waals surface area contributed by atoms with Crippen LogP contribution < -0.4 is 0 Å². The lowest BCUT2D eigenvalue weighted by Gasteiger charge is -2.14. The van der Waals surface area contributed by atoms with Gasteiger partial charge >= 0.3 is 0 Å². The molecule has 5 heteroatoms. The number of likely N-dealkylation sites (tertiary alicyclic amines) is 1. The largest absolute Gasteiger partial charge is 0.483 e. The van der Waals surface area contributed by atoms with Crippen molar-refractivity contribution in [3.05, 3.63) is 29.6 Å². The zero-order valence-electron chi connectivity index (χ0n) is 13.4. The molecular weight excluding hydrogens is 268 g/mol. The number of pyridine rings is 1. The first-order valence-electron chi connectivity index (χ1n) is 7.22. The monoisotopic (exact) mass is 294 g/mol. The van der Waals surface area contributed by atoms with Crippen molar-refractivity contribution < 1.29 is 14.7 Å². The summed E-state index contributed by atoms with van der Waals surface area (Å²) < 4.78 is 0. The van der Waals surface area contributed by atoms with Gasteiger partial charge < -0.3 is 10.0 Å². The number of aryl methyl sites for hydroxylation is 1. The van der Waals surface area contributed by atoms with Crippen molar-refractivity contribution in [3.8, 4) is 0 Å². The zero-order valence-corrected chi connectivity index (χ0v) is 13.4. The summed E-state index contributed by atoms with van der Waals surface area (Å²) in [6, 6.07) is 3.63. The second kappa shape index (κ2) is 10.8. The third-order valence-corrected chi connectivity index (χ3v) is 2.54. The molecule has 1 amide bonds. The number of nitrogens with zero attached hydrogens (tertiary/aromatic N) is 2. The maximum absolute atomic E-state index is 11.9. The van der Waals surface area contributed by atoms with Crippen LogP contribution in [0.4, 0.5) is 0 Å². The lowest BCUT2D eigenvalue weighted by atomic mass is 10.2. The summed E-state index contributed by atoms with van der Waals surface area (Å²) >= 11 is 0. The van der Waals surface area contributed by atoms with Gasteiger partial charge in [-0.25, -0.2) is 0 Å². The molecule has 1 saturated heterocycles. The Balaban J connectivity index is 0.000000486. The molecule has 0 saturated carbocycles. The number of amides is 1. The Hall–Kier alpha value is -1.91. The Bertz CT molecular complexity index is 425. The van der Waals surface area contributed by atoms with Crippen LogP contribution in [0, 0.1) is 12.8 Å². The Kier molecular flexibility index (Phi) is 9.84. The van der Waals surface area contributed by atoms with Crippen molar-refractivity contribution in [2.75, 3.05) is 13.1 Å². The fraction of sp³-hybridized carbons (Fsp3) is 0.562. The molecule has 1 aliphatic rings. The SMILES string of the molecule is CC(C)C.Cc1cc(C(=O)N2CCCC2)ccn1.O=CO. The highest BCUT2D eigenvalue weighted by Gasteiger charge is 2.19. The van der Waals surface area contributed by atoms with Crippen molar-refractivity contribution in [2.24, 2.45) is 5.92 Å². The van der Waals surface area contributed by atoms with Crippen molar-refractivity contribution in [1.29, 1.82) is 0 Å². The van der Waals surface area contributed by atoms with Gasteiger partial charge in [-0.1, -0.05) is 20.8 Å². The van der Waals surface area contributed by atoms with Gasteiger partial charge in [0.1, 0.15) is 0 Å². The summed E-state index contributed by atoms with van der Waals surface area (Å²) in [6.45, 7) is 9.96. The third kappa shape index (κ3) is 8.78. The van der Waals surface area contributed by atoms with Crippen molar-refractivity contribution in [2.45, 2.75) is 40.5 Å². The number of rotatable bonds is 1. The van der Waals surface area contributed by atoms with Gasteiger partial charge in [0.05, 0.1) is 0 Å². The maximum Gasteiger partial charge on any atom is 0.290 e. The Labute approximate surface area is 127 Å². The van der Waals surface area contributed by atoms with Crippen molar-refractivity contribution >= 4 is 12.4 Å². The molecule has 0 radical (unpaired) electrons. The summed E-state index contributed by atoms with van der Waals surface area (Å²) in [7, 11) is 0. The minimum absolute atomic E-state index is 0.146. The van der Waals surface area contributed by atoms with Crippen LogP contribution in [-0.2, 0) is 4.79 Å². The number of carbonyl (C=O) groups excluding carboxylic acids is 1. The number of carboxylic acid groups (broad SMARTS) is 1. The third-order valence-electron chi connectivity index (χ3n) is 2.54. The van der Waals surface area contributed by atoms with E-state index in [0.29, 0.717) is 0 Å². The van der Waals surface area contributed by atoms with Crippen LogP contribution in [-0.4, -0.2) is 40.5 Å². The number of hydrogen-bond acceptors (Lipinski definition) is 3. The minimum Gasteiger partial charge on any atom is -0.483 e. The highest BCUT2D eigenvalue weighted by atomic mass is 16.3.